The van der Waals surface area contributed by atoms with Gasteiger partial charge in [-0.3, -0.25) is 4.79 Å². The van der Waals surface area contributed by atoms with Crippen LogP contribution in [0.1, 0.15) is 18.4 Å². The van der Waals surface area contributed by atoms with Gasteiger partial charge in [-0.15, -0.1) is 11.8 Å². The van der Waals surface area contributed by atoms with Gasteiger partial charge in [0.25, 0.3) is 0 Å². The second kappa shape index (κ2) is 9.31. The van der Waals surface area contributed by atoms with Crippen LogP contribution in [-0.4, -0.2) is 38.0 Å². The van der Waals surface area contributed by atoms with E-state index >= 15 is 0 Å². The van der Waals surface area contributed by atoms with Crippen molar-refractivity contribution in [2.45, 2.75) is 23.5 Å². The van der Waals surface area contributed by atoms with E-state index in [4.69, 9.17) is 11.6 Å². The highest BCUT2D eigenvalue weighted by Gasteiger charge is 2.32. The summed E-state index contributed by atoms with van der Waals surface area (Å²) in [5, 5.41) is 3.36. The molecule has 1 aliphatic rings. The first-order chi connectivity index (χ1) is 13.4. The lowest BCUT2D eigenvalue weighted by Crippen LogP contribution is -2.44. The Labute approximate surface area is 175 Å². The molecule has 0 bridgehead atoms. The molecule has 8 heteroatoms. The number of amides is 1. The summed E-state index contributed by atoms with van der Waals surface area (Å²) >= 11 is 7.72. The van der Waals surface area contributed by atoms with Gasteiger partial charge in [0.15, 0.2) is 0 Å². The summed E-state index contributed by atoms with van der Waals surface area (Å²) in [6.45, 7) is 0.624. The second-order valence-corrected chi connectivity index (χ2v) is 10.0. The van der Waals surface area contributed by atoms with E-state index in [9.17, 15) is 13.2 Å². The number of halogens is 1. The van der Waals surface area contributed by atoms with Crippen LogP contribution in [0, 0.1) is 5.92 Å². The molecule has 0 saturated carbocycles. The Morgan fingerprint density at radius 2 is 2.04 bits per heavy atom. The third kappa shape index (κ3) is 5.29. The summed E-state index contributed by atoms with van der Waals surface area (Å²) in [5.41, 5.74) is 1.30. The quantitative estimate of drug-likeness (QED) is 0.685. The molecule has 150 valence electrons. The van der Waals surface area contributed by atoms with Crippen molar-refractivity contribution in [2.24, 2.45) is 5.92 Å². The zero-order valence-corrected chi connectivity index (χ0v) is 18.0. The molecule has 1 atom stereocenters. The predicted molar refractivity (Wildman–Crippen MR) is 115 cm³/mol. The van der Waals surface area contributed by atoms with E-state index < -0.39 is 10.0 Å². The number of piperidine rings is 1. The monoisotopic (exact) mass is 438 g/mol. The second-order valence-electron chi connectivity index (χ2n) is 6.77. The molecule has 3 rings (SSSR count). The van der Waals surface area contributed by atoms with E-state index in [2.05, 4.69) is 5.32 Å². The average Bonchev–Trinajstić information content (AvgIpc) is 2.70. The zero-order valence-electron chi connectivity index (χ0n) is 15.6. The number of anilines is 1. The van der Waals surface area contributed by atoms with Gasteiger partial charge in [0, 0.05) is 28.7 Å². The maximum absolute atomic E-state index is 12.9. The van der Waals surface area contributed by atoms with E-state index in [0.29, 0.717) is 30.0 Å². The highest BCUT2D eigenvalue weighted by molar-refractivity contribution is 7.98. The Morgan fingerprint density at radius 1 is 1.25 bits per heavy atom. The molecular formula is C20H23ClN2O3S2. The normalized spacial score (nSPS) is 18.0. The number of carbonyl (C=O) groups is 1. The summed E-state index contributed by atoms with van der Waals surface area (Å²) in [6.07, 6.45) is 3.31. The minimum absolute atomic E-state index is 0.143. The number of rotatable bonds is 6. The lowest BCUT2D eigenvalue weighted by atomic mass is 9.99. The average molecular weight is 439 g/mol. The van der Waals surface area contributed by atoms with Gasteiger partial charge in [-0.25, -0.2) is 12.7 Å². The summed E-state index contributed by atoms with van der Waals surface area (Å²) in [5.74, 6) is -0.667. The van der Waals surface area contributed by atoms with E-state index in [0.717, 1.165) is 10.6 Å². The van der Waals surface area contributed by atoms with E-state index in [1.165, 1.54) is 4.31 Å². The van der Waals surface area contributed by atoms with Gasteiger partial charge in [-0.1, -0.05) is 35.9 Å². The van der Waals surface area contributed by atoms with Crippen molar-refractivity contribution in [1.29, 1.82) is 0 Å². The number of thioether (sulfide) groups is 1. The zero-order chi connectivity index (χ0) is 20.1. The molecule has 1 saturated heterocycles. The molecule has 0 spiro atoms. The van der Waals surface area contributed by atoms with Gasteiger partial charge >= 0.3 is 0 Å². The summed E-state index contributed by atoms with van der Waals surface area (Å²) in [6, 6.07) is 14.6. The summed E-state index contributed by atoms with van der Waals surface area (Å²) in [4.78, 5) is 13.8. The van der Waals surface area contributed by atoms with Gasteiger partial charge in [0.2, 0.25) is 15.9 Å². The van der Waals surface area contributed by atoms with Crippen LogP contribution in [0.15, 0.2) is 53.4 Å². The number of benzene rings is 2. The standard InChI is InChI=1S/C20H23ClN2O3S2/c1-27-18-9-4-8-17(12-18)22-20(24)15-7-5-11-23(13-15)28(25,26)14-16-6-2-3-10-19(16)21/h2-4,6,8-10,12,15H,5,7,11,13-14H2,1H3,(H,22,24)/t15-/m0/s1. The van der Waals surface area contributed by atoms with Crippen LogP contribution in [0.2, 0.25) is 5.02 Å². The predicted octanol–water partition coefficient (Wildman–Crippen LogP) is 4.24. The number of sulfonamides is 1. The molecular weight excluding hydrogens is 416 g/mol. The van der Waals surface area contributed by atoms with Crippen LogP contribution in [0.5, 0.6) is 0 Å². The van der Waals surface area contributed by atoms with E-state index in [1.807, 2.05) is 30.5 Å². The highest BCUT2D eigenvalue weighted by Crippen LogP contribution is 2.26. The van der Waals surface area contributed by atoms with Crippen LogP contribution in [0.4, 0.5) is 5.69 Å². The number of hydrogen-bond donors (Lipinski definition) is 1. The van der Waals surface area contributed by atoms with E-state index in [1.54, 1.807) is 36.0 Å². The fraction of sp³-hybridized carbons (Fsp3) is 0.350. The Balaban J connectivity index is 1.67. The molecule has 0 aromatic heterocycles. The molecule has 28 heavy (non-hydrogen) atoms. The van der Waals surface area contributed by atoms with Crippen molar-refractivity contribution in [3.05, 3.63) is 59.1 Å². The molecule has 1 amide bonds. The Kier molecular flexibility index (Phi) is 7.04. The first-order valence-corrected chi connectivity index (χ1v) is 12.3. The first-order valence-electron chi connectivity index (χ1n) is 9.05. The minimum atomic E-state index is -3.54. The van der Waals surface area contributed by atoms with Gasteiger partial charge in [0.1, 0.15) is 0 Å². The Hall–Kier alpha value is -1.54. The fourth-order valence-corrected chi connectivity index (χ4v) is 5.64. The van der Waals surface area contributed by atoms with Crippen LogP contribution in [0.3, 0.4) is 0 Å². The summed E-state index contributed by atoms with van der Waals surface area (Å²) < 4.78 is 27.1. The SMILES string of the molecule is CSc1cccc(NC(=O)[C@H]2CCCN(S(=O)(=O)Cc3ccccc3Cl)C2)c1. The molecule has 5 nitrogen and oxygen atoms in total. The van der Waals surface area contributed by atoms with E-state index in [-0.39, 0.29) is 24.1 Å². The topological polar surface area (TPSA) is 66.5 Å². The largest absolute Gasteiger partial charge is 0.326 e. The number of nitrogens with one attached hydrogen (secondary N) is 1. The van der Waals surface area contributed by atoms with Crippen molar-refractivity contribution in [3.8, 4) is 0 Å². The summed E-state index contributed by atoms with van der Waals surface area (Å²) in [7, 11) is -3.54. The molecule has 1 aliphatic heterocycles. The number of nitrogens with zero attached hydrogens (tertiary/aromatic N) is 1. The number of hydrogen-bond acceptors (Lipinski definition) is 4. The highest BCUT2D eigenvalue weighted by atomic mass is 35.5. The van der Waals surface area contributed by atoms with Crippen LogP contribution < -0.4 is 5.32 Å². The van der Waals surface area contributed by atoms with Crippen molar-refractivity contribution in [2.75, 3.05) is 24.7 Å². The third-order valence-corrected chi connectivity index (χ3v) is 7.67. The van der Waals surface area contributed by atoms with Gasteiger partial charge in [0.05, 0.1) is 11.7 Å². The van der Waals surface area contributed by atoms with Gasteiger partial charge < -0.3 is 5.32 Å². The van der Waals surface area contributed by atoms with Crippen molar-refractivity contribution < 1.29 is 13.2 Å². The maximum Gasteiger partial charge on any atom is 0.228 e. The number of carbonyl (C=O) groups excluding carboxylic acids is 1. The smallest absolute Gasteiger partial charge is 0.228 e. The molecule has 1 fully saturated rings. The fourth-order valence-electron chi connectivity index (χ4n) is 3.26. The van der Waals surface area contributed by atoms with Crippen LogP contribution in [0.25, 0.3) is 0 Å². The van der Waals surface area contributed by atoms with Crippen molar-refractivity contribution in [1.82, 2.24) is 4.31 Å². The molecule has 1 heterocycles. The minimum Gasteiger partial charge on any atom is -0.326 e. The Morgan fingerprint density at radius 3 is 2.79 bits per heavy atom. The molecule has 1 N–H and O–H groups in total. The van der Waals surface area contributed by atoms with Crippen molar-refractivity contribution >= 4 is 45.0 Å². The van der Waals surface area contributed by atoms with Gasteiger partial charge in [-0.2, -0.15) is 0 Å². The Bertz CT molecular complexity index is 950. The maximum atomic E-state index is 12.9. The van der Waals surface area contributed by atoms with Crippen LogP contribution in [-0.2, 0) is 20.6 Å². The molecule has 0 aliphatic carbocycles. The molecule has 2 aromatic carbocycles. The molecule has 0 unspecified atom stereocenters. The van der Waals surface area contributed by atoms with Crippen LogP contribution >= 0.6 is 23.4 Å². The lowest BCUT2D eigenvalue weighted by Gasteiger charge is -2.31. The molecule has 0 radical (unpaired) electrons. The van der Waals surface area contributed by atoms with Crippen molar-refractivity contribution in [3.63, 3.8) is 0 Å². The molecule has 2 aromatic rings. The lowest BCUT2D eigenvalue weighted by molar-refractivity contribution is -0.120. The van der Waals surface area contributed by atoms with Gasteiger partial charge in [-0.05, 0) is 48.9 Å². The first kappa shape index (κ1) is 21.2. The third-order valence-electron chi connectivity index (χ3n) is 4.78.